The Bertz CT molecular complexity index is 939. The lowest BCUT2D eigenvalue weighted by Crippen LogP contribution is -2.34. The molecule has 0 spiro atoms. The molecule has 6 nitrogen and oxygen atoms in total. The van der Waals surface area contributed by atoms with Crippen LogP contribution in [0.1, 0.15) is 11.5 Å². The number of nitrogens with zero attached hydrogens (tertiary/aromatic N) is 3. The molecule has 0 aliphatic heterocycles. The quantitative estimate of drug-likeness (QED) is 0.518. The smallest absolute Gasteiger partial charge is 0.246 e. The Kier molecular flexibility index (Phi) is 7.24. The van der Waals surface area contributed by atoms with Crippen LogP contribution in [0.15, 0.2) is 65.2 Å². The minimum atomic E-state index is -0.326. The second-order valence-corrected chi connectivity index (χ2v) is 6.33. The van der Waals surface area contributed by atoms with Crippen LogP contribution in [-0.4, -0.2) is 47.8 Å². The minimum Gasteiger partial charge on any atom is -0.383 e. The first-order chi connectivity index (χ1) is 14.2. The molecule has 0 fully saturated rings. The fourth-order valence-electron chi connectivity index (χ4n) is 2.67. The summed E-state index contributed by atoms with van der Waals surface area (Å²) in [6.07, 6.45) is 3.73. The van der Waals surface area contributed by atoms with Gasteiger partial charge in [-0.25, -0.2) is 4.39 Å². The van der Waals surface area contributed by atoms with Crippen molar-refractivity contribution >= 4 is 12.0 Å². The standard InChI is InChI=1S/C22H22FN3O3/c1-28-16-15-26(21(27)12-7-17-5-3-2-4-6-17)14-13-20-24-22(25-29-20)18-8-10-19(23)11-9-18/h2-12H,13-16H2,1H3. The van der Waals surface area contributed by atoms with Gasteiger partial charge in [-0.15, -0.1) is 0 Å². The van der Waals surface area contributed by atoms with E-state index in [4.69, 9.17) is 9.26 Å². The van der Waals surface area contributed by atoms with Gasteiger partial charge in [0.2, 0.25) is 17.6 Å². The van der Waals surface area contributed by atoms with Gasteiger partial charge in [0.15, 0.2) is 0 Å². The molecule has 3 aromatic rings. The largest absolute Gasteiger partial charge is 0.383 e. The fraction of sp³-hybridized carbons (Fsp3) is 0.227. The maximum Gasteiger partial charge on any atom is 0.246 e. The average Bonchev–Trinajstić information content (AvgIpc) is 3.22. The topological polar surface area (TPSA) is 68.5 Å². The van der Waals surface area contributed by atoms with Crippen LogP contribution in [0.4, 0.5) is 4.39 Å². The third kappa shape index (κ3) is 6.08. The Balaban J connectivity index is 1.62. The number of rotatable bonds is 9. The van der Waals surface area contributed by atoms with Crippen molar-refractivity contribution in [1.29, 1.82) is 0 Å². The van der Waals surface area contributed by atoms with Gasteiger partial charge in [-0.05, 0) is 35.9 Å². The van der Waals surface area contributed by atoms with E-state index >= 15 is 0 Å². The molecule has 1 aromatic heterocycles. The maximum atomic E-state index is 13.0. The summed E-state index contributed by atoms with van der Waals surface area (Å²) in [7, 11) is 1.59. The van der Waals surface area contributed by atoms with E-state index in [1.807, 2.05) is 30.3 Å². The van der Waals surface area contributed by atoms with Gasteiger partial charge >= 0.3 is 0 Å². The summed E-state index contributed by atoms with van der Waals surface area (Å²) < 4.78 is 23.4. The van der Waals surface area contributed by atoms with Crippen LogP contribution in [0.2, 0.25) is 0 Å². The molecule has 0 saturated heterocycles. The Morgan fingerprint density at radius 3 is 2.62 bits per heavy atom. The first-order valence-electron chi connectivity index (χ1n) is 9.25. The Morgan fingerprint density at radius 2 is 1.90 bits per heavy atom. The number of halogens is 1. The average molecular weight is 395 g/mol. The molecule has 0 atom stereocenters. The molecular weight excluding hydrogens is 373 g/mol. The summed E-state index contributed by atoms with van der Waals surface area (Å²) in [5.74, 6) is 0.350. The lowest BCUT2D eigenvalue weighted by molar-refractivity contribution is -0.126. The maximum absolute atomic E-state index is 13.0. The van der Waals surface area contributed by atoms with E-state index in [-0.39, 0.29) is 11.7 Å². The molecule has 1 amide bonds. The fourth-order valence-corrected chi connectivity index (χ4v) is 2.67. The van der Waals surface area contributed by atoms with Crippen LogP contribution in [0.5, 0.6) is 0 Å². The number of methoxy groups -OCH3 is 1. The number of hydrogen-bond donors (Lipinski definition) is 0. The zero-order valence-electron chi connectivity index (χ0n) is 16.1. The lowest BCUT2D eigenvalue weighted by atomic mass is 10.2. The summed E-state index contributed by atoms with van der Waals surface area (Å²) in [6.45, 7) is 1.29. The molecule has 2 aromatic carbocycles. The van der Waals surface area contributed by atoms with Crippen molar-refractivity contribution in [3.63, 3.8) is 0 Å². The molecule has 1 heterocycles. The molecule has 0 aliphatic carbocycles. The molecule has 3 rings (SSSR count). The second kappa shape index (κ2) is 10.3. The molecule has 0 saturated carbocycles. The summed E-state index contributed by atoms with van der Waals surface area (Å²) in [6, 6.07) is 15.5. The van der Waals surface area contributed by atoms with E-state index in [1.54, 1.807) is 36.3 Å². The Morgan fingerprint density at radius 1 is 1.14 bits per heavy atom. The van der Waals surface area contributed by atoms with Gasteiger partial charge in [-0.1, -0.05) is 35.5 Å². The Labute approximate surface area is 168 Å². The summed E-state index contributed by atoms with van der Waals surface area (Å²) >= 11 is 0. The normalized spacial score (nSPS) is 11.1. The monoisotopic (exact) mass is 395 g/mol. The van der Waals surface area contributed by atoms with E-state index in [9.17, 15) is 9.18 Å². The van der Waals surface area contributed by atoms with Crippen molar-refractivity contribution in [2.45, 2.75) is 6.42 Å². The second-order valence-electron chi connectivity index (χ2n) is 6.33. The van der Waals surface area contributed by atoms with Crippen molar-refractivity contribution in [2.24, 2.45) is 0 Å². The molecule has 150 valence electrons. The van der Waals surface area contributed by atoms with Crippen LogP contribution in [-0.2, 0) is 16.0 Å². The molecule has 0 N–H and O–H groups in total. The third-order valence-electron chi connectivity index (χ3n) is 4.26. The third-order valence-corrected chi connectivity index (χ3v) is 4.26. The summed E-state index contributed by atoms with van der Waals surface area (Å²) in [5.41, 5.74) is 1.62. The summed E-state index contributed by atoms with van der Waals surface area (Å²) in [5, 5.41) is 3.93. The number of carbonyl (C=O) groups excluding carboxylic acids is 1. The SMILES string of the molecule is COCCN(CCc1nc(-c2ccc(F)cc2)no1)C(=O)C=Cc1ccccc1. The van der Waals surface area contributed by atoms with Gasteiger partial charge in [0.05, 0.1) is 6.61 Å². The highest BCUT2D eigenvalue weighted by Crippen LogP contribution is 2.16. The highest BCUT2D eigenvalue weighted by atomic mass is 19.1. The molecule has 0 radical (unpaired) electrons. The van der Waals surface area contributed by atoms with E-state index in [0.29, 0.717) is 43.4 Å². The van der Waals surface area contributed by atoms with Crippen LogP contribution in [0, 0.1) is 5.82 Å². The van der Waals surface area contributed by atoms with Crippen molar-refractivity contribution < 1.29 is 18.4 Å². The first kappa shape index (κ1) is 20.4. The number of benzene rings is 2. The number of aromatic nitrogens is 2. The first-order valence-corrected chi connectivity index (χ1v) is 9.25. The van der Waals surface area contributed by atoms with E-state index < -0.39 is 0 Å². The molecular formula is C22H22FN3O3. The zero-order valence-corrected chi connectivity index (χ0v) is 16.1. The van der Waals surface area contributed by atoms with Crippen LogP contribution in [0.25, 0.3) is 17.5 Å². The van der Waals surface area contributed by atoms with Crippen LogP contribution < -0.4 is 0 Å². The Hall–Kier alpha value is -3.32. The molecule has 0 unspecified atom stereocenters. The predicted octanol–water partition coefficient (Wildman–Crippen LogP) is 3.61. The van der Waals surface area contributed by atoms with Crippen molar-refractivity contribution in [1.82, 2.24) is 15.0 Å². The lowest BCUT2D eigenvalue weighted by Gasteiger charge is -2.20. The highest BCUT2D eigenvalue weighted by molar-refractivity contribution is 5.91. The van der Waals surface area contributed by atoms with E-state index in [2.05, 4.69) is 10.1 Å². The number of amides is 1. The minimum absolute atomic E-state index is 0.121. The molecule has 0 aliphatic rings. The number of carbonyl (C=O) groups is 1. The molecule has 0 bridgehead atoms. The van der Waals surface area contributed by atoms with Gasteiger partial charge in [-0.2, -0.15) is 4.98 Å². The summed E-state index contributed by atoms with van der Waals surface area (Å²) in [4.78, 5) is 18.6. The zero-order chi connectivity index (χ0) is 20.5. The van der Waals surface area contributed by atoms with Crippen molar-refractivity contribution in [3.8, 4) is 11.4 Å². The van der Waals surface area contributed by atoms with Gasteiger partial charge in [0, 0.05) is 38.3 Å². The van der Waals surface area contributed by atoms with Gasteiger partial charge in [0.25, 0.3) is 0 Å². The number of ether oxygens (including phenoxy) is 1. The van der Waals surface area contributed by atoms with E-state index in [0.717, 1.165) is 5.56 Å². The van der Waals surface area contributed by atoms with Crippen LogP contribution >= 0.6 is 0 Å². The van der Waals surface area contributed by atoms with Gasteiger partial charge < -0.3 is 14.2 Å². The van der Waals surface area contributed by atoms with Gasteiger partial charge in [-0.3, -0.25) is 4.79 Å². The molecule has 7 heteroatoms. The number of hydrogen-bond acceptors (Lipinski definition) is 5. The van der Waals surface area contributed by atoms with Crippen molar-refractivity contribution in [3.05, 3.63) is 77.9 Å². The predicted molar refractivity (Wildman–Crippen MR) is 107 cm³/mol. The van der Waals surface area contributed by atoms with Crippen LogP contribution in [0.3, 0.4) is 0 Å². The van der Waals surface area contributed by atoms with E-state index in [1.165, 1.54) is 12.1 Å². The molecule has 29 heavy (non-hydrogen) atoms. The van der Waals surface area contributed by atoms with Gasteiger partial charge in [0.1, 0.15) is 5.82 Å². The van der Waals surface area contributed by atoms with Crippen molar-refractivity contribution in [2.75, 3.05) is 26.8 Å². The highest BCUT2D eigenvalue weighted by Gasteiger charge is 2.14.